The Bertz CT molecular complexity index is 595. The van der Waals surface area contributed by atoms with Crippen molar-refractivity contribution in [1.29, 1.82) is 5.26 Å². The molecule has 0 unspecified atom stereocenters. The van der Waals surface area contributed by atoms with Gasteiger partial charge < -0.3 is 0 Å². The highest BCUT2D eigenvalue weighted by molar-refractivity contribution is 5.93. The summed E-state index contributed by atoms with van der Waals surface area (Å²) in [6.07, 6.45) is 1.93. The van der Waals surface area contributed by atoms with Crippen molar-refractivity contribution in [3.05, 3.63) is 36.0 Å². The number of hydroxylamine groups is 1. The van der Waals surface area contributed by atoms with E-state index in [1.54, 1.807) is 6.20 Å². The number of benzene rings is 1. The van der Waals surface area contributed by atoms with Crippen LogP contribution in [0.25, 0.3) is 10.9 Å². The maximum Gasteiger partial charge on any atom is 0.349 e. The number of hydrogen-bond acceptors (Lipinski definition) is 3. The Kier molecular flexibility index (Phi) is 3.08. The van der Waals surface area contributed by atoms with Gasteiger partial charge >= 0.3 is 6.03 Å². The predicted molar refractivity (Wildman–Crippen MR) is 62.2 cm³/mol. The van der Waals surface area contributed by atoms with Crippen molar-refractivity contribution in [3.63, 3.8) is 0 Å². The summed E-state index contributed by atoms with van der Waals surface area (Å²) >= 11 is 0. The van der Waals surface area contributed by atoms with E-state index in [1.807, 2.05) is 24.3 Å². The van der Waals surface area contributed by atoms with Crippen LogP contribution in [0.4, 0.5) is 4.79 Å². The zero-order valence-corrected chi connectivity index (χ0v) is 9.30. The highest BCUT2D eigenvalue weighted by Crippen LogP contribution is 2.21. The average molecular weight is 229 g/mol. The van der Waals surface area contributed by atoms with Crippen LogP contribution in [0.1, 0.15) is 5.56 Å². The summed E-state index contributed by atoms with van der Waals surface area (Å²) in [5, 5.41) is 9.65. The minimum absolute atomic E-state index is 0.272. The average Bonchev–Trinajstić information content (AvgIpc) is 2.70. The Morgan fingerprint density at radius 2 is 2.29 bits per heavy atom. The van der Waals surface area contributed by atoms with Gasteiger partial charge in [0.2, 0.25) is 0 Å². The fraction of sp³-hybridized carbons (Fsp3) is 0.167. The number of rotatable bonds is 2. The number of nitrogens with one attached hydrogen (secondary N) is 1. The van der Waals surface area contributed by atoms with Crippen molar-refractivity contribution in [3.8, 4) is 6.07 Å². The Morgan fingerprint density at radius 3 is 3.00 bits per heavy atom. The van der Waals surface area contributed by atoms with Crippen LogP contribution in [0.3, 0.4) is 0 Å². The van der Waals surface area contributed by atoms with Crippen LogP contribution in [0.15, 0.2) is 30.5 Å². The molecule has 0 fully saturated rings. The molecule has 0 atom stereocenters. The molecular formula is C12H11N3O2. The first-order valence-electron chi connectivity index (χ1n) is 5.07. The van der Waals surface area contributed by atoms with Gasteiger partial charge in [0.05, 0.1) is 25.1 Å². The fourth-order valence-electron chi connectivity index (χ4n) is 1.78. The van der Waals surface area contributed by atoms with Gasteiger partial charge in [-0.15, -0.1) is 0 Å². The van der Waals surface area contributed by atoms with Crippen molar-refractivity contribution < 1.29 is 9.63 Å². The molecule has 2 aromatic rings. The third-order valence-corrected chi connectivity index (χ3v) is 2.47. The Morgan fingerprint density at radius 1 is 1.53 bits per heavy atom. The summed E-state index contributed by atoms with van der Waals surface area (Å²) in [5.41, 5.74) is 3.84. The van der Waals surface area contributed by atoms with E-state index in [-0.39, 0.29) is 12.5 Å². The molecule has 5 nitrogen and oxygen atoms in total. The number of para-hydroxylation sites is 1. The van der Waals surface area contributed by atoms with Crippen LogP contribution in [0.2, 0.25) is 0 Å². The first kappa shape index (κ1) is 11.2. The van der Waals surface area contributed by atoms with Gasteiger partial charge in [0, 0.05) is 11.6 Å². The second-order valence-corrected chi connectivity index (χ2v) is 3.49. The second kappa shape index (κ2) is 4.68. The summed E-state index contributed by atoms with van der Waals surface area (Å²) in [6, 6.07) is 9.13. The predicted octanol–water partition coefficient (Wildman–Crippen LogP) is 1.83. The van der Waals surface area contributed by atoms with Gasteiger partial charge in [-0.05, 0) is 11.6 Å². The molecule has 0 spiro atoms. The molecule has 0 aliphatic heterocycles. The van der Waals surface area contributed by atoms with Crippen LogP contribution < -0.4 is 5.48 Å². The Hall–Kier alpha value is -2.32. The molecule has 0 radical (unpaired) electrons. The summed E-state index contributed by atoms with van der Waals surface area (Å²) < 4.78 is 1.44. The van der Waals surface area contributed by atoms with Crippen LogP contribution in [-0.2, 0) is 11.3 Å². The minimum Gasteiger partial charge on any atom is -0.275 e. The highest BCUT2D eigenvalue weighted by Gasteiger charge is 2.12. The maximum atomic E-state index is 11.7. The number of nitriles is 1. The summed E-state index contributed by atoms with van der Waals surface area (Å²) in [6.45, 7) is 0. The van der Waals surface area contributed by atoms with Gasteiger partial charge in [0.15, 0.2) is 0 Å². The zero-order valence-electron chi connectivity index (χ0n) is 9.30. The molecule has 0 saturated carbocycles. The van der Waals surface area contributed by atoms with Crippen molar-refractivity contribution >= 4 is 16.9 Å². The highest BCUT2D eigenvalue weighted by atomic mass is 16.6. The molecule has 0 aliphatic carbocycles. The van der Waals surface area contributed by atoms with E-state index in [0.717, 1.165) is 16.5 Å². The minimum atomic E-state index is -0.382. The molecule has 5 heteroatoms. The first-order valence-corrected chi connectivity index (χ1v) is 5.07. The molecule has 1 aromatic carbocycles. The third kappa shape index (κ3) is 1.98. The van der Waals surface area contributed by atoms with Gasteiger partial charge in [0.25, 0.3) is 0 Å². The quantitative estimate of drug-likeness (QED) is 0.799. The van der Waals surface area contributed by atoms with E-state index in [4.69, 9.17) is 5.26 Å². The lowest BCUT2D eigenvalue weighted by Crippen LogP contribution is -2.26. The number of hydrogen-bond donors (Lipinski definition) is 1. The molecule has 1 N–H and O–H groups in total. The molecule has 1 amide bonds. The molecule has 0 bridgehead atoms. The lowest BCUT2D eigenvalue weighted by molar-refractivity contribution is 0.109. The van der Waals surface area contributed by atoms with Crippen molar-refractivity contribution in [2.45, 2.75) is 6.42 Å². The number of carbonyl (C=O) groups excluding carboxylic acids is 1. The van der Waals surface area contributed by atoms with E-state index < -0.39 is 0 Å². The molecule has 86 valence electrons. The van der Waals surface area contributed by atoms with Gasteiger partial charge in [-0.3, -0.25) is 9.40 Å². The van der Waals surface area contributed by atoms with E-state index >= 15 is 0 Å². The number of amides is 1. The number of nitrogens with zero attached hydrogens (tertiary/aromatic N) is 2. The SMILES string of the molecule is CONC(=O)n1cc(CC#N)c2ccccc21. The number of fused-ring (bicyclic) bond motifs is 1. The number of carbonyl (C=O) groups is 1. The molecule has 1 heterocycles. The van der Waals surface area contributed by atoms with Crippen molar-refractivity contribution in [1.82, 2.24) is 10.0 Å². The fourth-order valence-corrected chi connectivity index (χ4v) is 1.78. The van der Waals surface area contributed by atoms with Crippen LogP contribution in [0.5, 0.6) is 0 Å². The van der Waals surface area contributed by atoms with Crippen LogP contribution in [0, 0.1) is 11.3 Å². The summed E-state index contributed by atoms with van der Waals surface area (Å²) in [4.78, 5) is 16.3. The number of aromatic nitrogens is 1. The lowest BCUT2D eigenvalue weighted by atomic mass is 10.1. The Labute approximate surface area is 98.2 Å². The van der Waals surface area contributed by atoms with Gasteiger partial charge in [-0.2, -0.15) is 5.26 Å². The Balaban J connectivity index is 2.57. The van der Waals surface area contributed by atoms with E-state index in [2.05, 4.69) is 16.4 Å². The molecule has 17 heavy (non-hydrogen) atoms. The molecule has 0 saturated heterocycles. The first-order chi connectivity index (χ1) is 8.27. The van der Waals surface area contributed by atoms with E-state index in [0.29, 0.717) is 0 Å². The van der Waals surface area contributed by atoms with Crippen LogP contribution in [-0.4, -0.2) is 17.7 Å². The molecule has 0 aliphatic rings. The zero-order chi connectivity index (χ0) is 12.3. The lowest BCUT2D eigenvalue weighted by Gasteiger charge is -2.03. The topological polar surface area (TPSA) is 67.0 Å². The largest absolute Gasteiger partial charge is 0.349 e. The summed E-state index contributed by atoms with van der Waals surface area (Å²) in [5.74, 6) is 0. The van der Waals surface area contributed by atoms with E-state index in [9.17, 15) is 4.79 Å². The standard InChI is InChI=1S/C12H11N3O2/c1-17-14-12(16)15-8-9(6-7-13)10-4-2-3-5-11(10)15/h2-5,8H,6H2,1H3,(H,14,16). The monoisotopic (exact) mass is 229 g/mol. The molecule has 2 rings (SSSR count). The van der Waals surface area contributed by atoms with Crippen LogP contribution >= 0.6 is 0 Å². The molecule has 1 aromatic heterocycles. The van der Waals surface area contributed by atoms with E-state index in [1.165, 1.54) is 11.7 Å². The van der Waals surface area contributed by atoms with Gasteiger partial charge in [-0.1, -0.05) is 18.2 Å². The third-order valence-electron chi connectivity index (χ3n) is 2.47. The molecular weight excluding hydrogens is 218 g/mol. The van der Waals surface area contributed by atoms with Gasteiger partial charge in [-0.25, -0.2) is 10.3 Å². The smallest absolute Gasteiger partial charge is 0.275 e. The normalized spacial score (nSPS) is 10.1. The second-order valence-electron chi connectivity index (χ2n) is 3.49. The maximum absolute atomic E-state index is 11.7. The van der Waals surface area contributed by atoms with Crippen molar-refractivity contribution in [2.24, 2.45) is 0 Å². The summed E-state index contributed by atoms with van der Waals surface area (Å²) in [7, 11) is 1.37. The van der Waals surface area contributed by atoms with Gasteiger partial charge in [0.1, 0.15) is 0 Å². The van der Waals surface area contributed by atoms with Crippen molar-refractivity contribution in [2.75, 3.05) is 7.11 Å².